The zero-order valence-corrected chi connectivity index (χ0v) is 17.8. The van der Waals surface area contributed by atoms with E-state index in [-0.39, 0.29) is 30.4 Å². The van der Waals surface area contributed by atoms with Gasteiger partial charge in [-0.2, -0.15) is 0 Å². The number of carboxylic acid groups (broad SMARTS) is 1. The quantitative estimate of drug-likeness (QED) is 0.343. The van der Waals surface area contributed by atoms with Gasteiger partial charge < -0.3 is 14.8 Å². The number of benzene rings is 2. The Labute approximate surface area is 189 Å². The topological polar surface area (TPSA) is 117 Å². The van der Waals surface area contributed by atoms with E-state index in [1.807, 2.05) is 12.1 Å². The molecule has 1 atom stereocenters. The standard InChI is InChI=1S/C25H20N2O6/c1-33-25(32)21(27-23(30)18-7-3-4-8-19(18)24(27)31)13-16-14-26-20-12-15(10-11-17(16)20)6-2-5-9-22(28)29/h3-4,7-8,10-12,14,21,26H,5,9,13H2,1H3,(H,28,29)/t21-/m0/s1. The fraction of sp³-hybridized carbons (Fsp3) is 0.200. The number of H-pyrrole nitrogens is 1. The minimum atomic E-state index is -1.11. The predicted molar refractivity (Wildman–Crippen MR) is 118 cm³/mol. The van der Waals surface area contributed by atoms with Crippen LogP contribution in [0.1, 0.15) is 44.7 Å². The zero-order valence-electron chi connectivity index (χ0n) is 17.8. The highest BCUT2D eigenvalue weighted by Crippen LogP contribution is 2.28. The van der Waals surface area contributed by atoms with Gasteiger partial charge >= 0.3 is 11.9 Å². The van der Waals surface area contributed by atoms with Crippen LogP contribution in [0.15, 0.2) is 48.7 Å². The fourth-order valence-corrected chi connectivity index (χ4v) is 3.88. The van der Waals surface area contributed by atoms with Crippen molar-refractivity contribution in [2.45, 2.75) is 25.3 Å². The van der Waals surface area contributed by atoms with Crippen molar-refractivity contribution in [1.29, 1.82) is 0 Å². The number of aliphatic carboxylic acids is 1. The minimum Gasteiger partial charge on any atom is -0.481 e. The molecule has 4 rings (SSSR count). The molecule has 0 unspecified atom stereocenters. The molecule has 0 spiro atoms. The molecule has 166 valence electrons. The highest BCUT2D eigenvalue weighted by Gasteiger charge is 2.43. The highest BCUT2D eigenvalue weighted by atomic mass is 16.5. The van der Waals surface area contributed by atoms with Crippen LogP contribution in [0.3, 0.4) is 0 Å². The van der Waals surface area contributed by atoms with Crippen LogP contribution >= 0.6 is 0 Å². The Morgan fingerprint density at radius 3 is 2.45 bits per heavy atom. The van der Waals surface area contributed by atoms with Crippen molar-refractivity contribution in [2.75, 3.05) is 7.11 Å². The summed E-state index contributed by atoms with van der Waals surface area (Å²) in [6.45, 7) is 0. The van der Waals surface area contributed by atoms with Gasteiger partial charge in [-0.15, -0.1) is 0 Å². The van der Waals surface area contributed by atoms with E-state index < -0.39 is 29.8 Å². The Morgan fingerprint density at radius 1 is 1.12 bits per heavy atom. The Morgan fingerprint density at radius 2 is 1.82 bits per heavy atom. The van der Waals surface area contributed by atoms with Gasteiger partial charge in [0.1, 0.15) is 6.04 Å². The highest BCUT2D eigenvalue weighted by molar-refractivity contribution is 6.22. The fourth-order valence-electron chi connectivity index (χ4n) is 3.88. The SMILES string of the molecule is COC(=O)[C@H](Cc1c[nH]c2cc(C#CCCC(=O)O)ccc12)N1C(=O)c2ccccc2C1=O. The average molecular weight is 444 g/mol. The third-order valence-corrected chi connectivity index (χ3v) is 5.49. The molecule has 3 aromatic rings. The van der Waals surface area contributed by atoms with Crippen molar-refractivity contribution in [3.05, 3.63) is 70.9 Å². The number of hydrogen-bond acceptors (Lipinski definition) is 5. The lowest BCUT2D eigenvalue weighted by atomic mass is 10.0. The number of aromatic amines is 1. The van der Waals surface area contributed by atoms with Crippen LogP contribution in [0.2, 0.25) is 0 Å². The van der Waals surface area contributed by atoms with E-state index in [1.54, 1.807) is 36.5 Å². The number of imide groups is 1. The first-order chi connectivity index (χ1) is 15.9. The van der Waals surface area contributed by atoms with Crippen LogP contribution in [-0.4, -0.2) is 51.9 Å². The molecule has 0 fully saturated rings. The molecular formula is C25H20N2O6. The second-order valence-electron chi connectivity index (χ2n) is 7.54. The summed E-state index contributed by atoms with van der Waals surface area (Å²) >= 11 is 0. The van der Waals surface area contributed by atoms with E-state index >= 15 is 0 Å². The maximum Gasteiger partial charge on any atom is 0.329 e. The smallest absolute Gasteiger partial charge is 0.329 e. The number of carbonyl (C=O) groups excluding carboxylic acids is 3. The molecule has 0 bridgehead atoms. The number of methoxy groups -OCH3 is 1. The van der Waals surface area contributed by atoms with Crippen molar-refractivity contribution in [2.24, 2.45) is 0 Å². The van der Waals surface area contributed by atoms with Gasteiger partial charge in [0, 0.05) is 35.5 Å². The normalized spacial score (nSPS) is 13.4. The molecule has 0 saturated carbocycles. The van der Waals surface area contributed by atoms with Crippen LogP contribution in [0.5, 0.6) is 0 Å². The van der Waals surface area contributed by atoms with Crippen LogP contribution < -0.4 is 0 Å². The summed E-state index contributed by atoms with van der Waals surface area (Å²) in [5.41, 5.74) is 2.75. The Kier molecular flexibility index (Phi) is 5.96. The van der Waals surface area contributed by atoms with Crippen molar-refractivity contribution >= 4 is 34.7 Å². The predicted octanol–water partition coefficient (Wildman–Crippen LogP) is 2.76. The number of esters is 1. The van der Waals surface area contributed by atoms with E-state index in [9.17, 15) is 19.2 Å². The average Bonchev–Trinajstić information content (AvgIpc) is 3.32. The van der Waals surface area contributed by atoms with Gasteiger partial charge in [0.05, 0.1) is 24.7 Å². The lowest BCUT2D eigenvalue weighted by molar-refractivity contribution is -0.145. The zero-order chi connectivity index (χ0) is 23.5. The first kappa shape index (κ1) is 21.8. The lowest BCUT2D eigenvalue weighted by Crippen LogP contribution is -2.46. The Balaban J connectivity index is 1.61. The van der Waals surface area contributed by atoms with Gasteiger partial charge in [-0.25, -0.2) is 4.79 Å². The second-order valence-corrected chi connectivity index (χ2v) is 7.54. The second kappa shape index (κ2) is 9.01. The molecule has 0 aliphatic carbocycles. The number of hydrogen-bond donors (Lipinski definition) is 2. The van der Waals surface area contributed by atoms with Crippen molar-refractivity contribution < 1.29 is 29.0 Å². The monoisotopic (exact) mass is 444 g/mol. The maximum atomic E-state index is 12.9. The molecule has 1 aliphatic heterocycles. The van der Waals surface area contributed by atoms with Gasteiger partial charge in [0.25, 0.3) is 11.8 Å². The number of rotatable bonds is 6. The number of nitrogens with zero attached hydrogens (tertiary/aromatic N) is 1. The largest absolute Gasteiger partial charge is 0.481 e. The summed E-state index contributed by atoms with van der Waals surface area (Å²) in [5.74, 6) is 3.13. The van der Waals surface area contributed by atoms with Gasteiger partial charge in [-0.3, -0.25) is 19.3 Å². The molecule has 0 saturated heterocycles. The van der Waals surface area contributed by atoms with Crippen LogP contribution in [-0.2, 0) is 20.7 Å². The molecule has 8 heteroatoms. The summed E-state index contributed by atoms with van der Waals surface area (Å²) in [6, 6.07) is 10.8. The Bertz CT molecular complexity index is 1310. The first-order valence-corrected chi connectivity index (χ1v) is 10.3. The molecular weight excluding hydrogens is 424 g/mol. The molecule has 2 aromatic carbocycles. The summed E-state index contributed by atoms with van der Waals surface area (Å²) in [7, 11) is 1.22. The molecule has 33 heavy (non-hydrogen) atoms. The summed E-state index contributed by atoms with van der Waals surface area (Å²) < 4.78 is 4.92. The molecule has 8 nitrogen and oxygen atoms in total. The van der Waals surface area contributed by atoms with Gasteiger partial charge in [0.15, 0.2) is 0 Å². The number of nitrogens with one attached hydrogen (secondary N) is 1. The number of aromatic nitrogens is 1. The number of carbonyl (C=O) groups is 4. The minimum absolute atomic E-state index is 0.0192. The van der Waals surface area contributed by atoms with E-state index in [2.05, 4.69) is 16.8 Å². The Hall–Kier alpha value is -4.38. The van der Waals surface area contributed by atoms with Crippen LogP contribution in [0.25, 0.3) is 10.9 Å². The molecule has 1 aromatic heterocycles. The van der Waals surface area contributed by atoms with E-state index in [0.717, 1.165) is 21.4 Å². The number of carboxylic acids is 1. The van der Waals surface area contributed by atoms with Crippen LogP contribution in [0.4, 0.5) is 0 Å². The maximum absolute atomic E-state index is 12.9. The van der Waals surface area contributed by atoms with Gasteiger partial charge in [-0.05, 0) is 29.8 Å². The molecule has 0 radical (unpaired) electrons. The number of amides is 2. The van der Waals surface area contributed by atoms with Crippen molar-refractivity contribution in [1.82, 2.24) is 9.88 Å². The molecule has 2 amide bonds. The number of ether oxygens (including phenoxy) is 1. The first-order valence-electron chi connectivity index (χ1n) is 10.3. The third-order valence-electron chi connectivity index (χ3n) is 5.49. The number of fused-ring (bicyclic) bond motifs is 2. The van der Waals surface area contributed by atoms with Gasteiger partial charge in [0.2, 0.25) is 0 Å². The van der Waals surface area contributed by atoms with Crippen LogP contribution in [0, 0.1) is 11.8 Å². The van der Waals surface area contributed by atoms with Crippen molar-refractivity contribution in [3.63, 3.8) is 0 Å². The van der Waals surface area contributed by atoms with E-state index in [0.29, 0.717) is 5.56 Å². The summed E-state index contributed by atoms with van der Waals surface area (Å²) in [4.78, 5) is 53.1. The van der Waals surface area contributed by atoms with E-state index in [4.69, 9.17) is 9.84 Å². The summed E-state index contributed by atoms with van der Waals surface area (Å²) in [6.07, 6.45) is 2.04. The van der Waals surface area contributed by atoms with Gasteiger partial charge in [-0.1, -0.05) is 30.0 Å². The third kappa shape index (κ3) is 4.21. The lowest BCUT2D eigenvalue weighted by Gasteiger charge is -2.23. The summed E-state index contributed by atoms with van der Waals surface area (Å²) in [5, 5.41) is 9.51. The molecule has 2 heterocycles. The van der Waals surface area contributed by atoms with Crippen molar-refractivity contribution in [3.8, 4) is 11.8 Å². The van der Waals surface area contributed by atoms with E-state index in [1.165, 1.54) is 7.11 Å². The molecule has 1 aliphatic rings. The molecule has 2 N–H and O–H groups in total.